The quantitative estimate of drug-likeness (QED) is 0.899. The van der Waals surface area contributed by atoms with Crippen LogP contribution in [0.5, 0.6) is 0 Å². The highest BCUT2D eigenvalue weighted by Gasteiger charge is 2.36. The van der Waals surface area contributed by atoms with E-state index in [0.29, 0.717) is 12.8 Å². The first-order chi connectivity index (χ1) is 9.92. The minimum atomic E-state index is -3.32. The molecule has 1 aliphatic carbocycles. The van der Waals surface area contributed by atoms with Crippen molar-refractivity contribution in [3.63, 3.8) is 0 Å². The summed E-state index contributed by atoms with van der Waals surface area (Å²) < 4.78 is 25.9. The van der Waals surface area contributed by atoms with Gasteiger partial charge in [0.2, 0.25) is 10.0 Å². The molecule has 0 saturated heterocycles. The summed E-state index contributed by atoms with van der Waals surface area (Å²) in [4.78, 5) is 4.39. The Morgan fingerprint density at radius 3 is 2.71 bits per heavy atom. The van der Waals surface area contributed by atoms with Gasteiger partial charge in [0.15, 0.2) is 0 Å². The third-order valence-electron chi connectivity index (χ3n) is 3.93. The molecular formula is C15H18N2O3S. The van der Waals surface area contributed by atoms with Crippen LogP contribution in [-0.2, 0) is 10.0 Å². The van der Waals surface area contributed by atoms with Crippen molar-refractivity contribution in [3.8, 4) is 0 Å². The van der Waals surface area contributed by atoms with Crippen molar-refractivity contribution in [1.29, 1.82) is 0 Å². The third kappa shape index (κ3) is 3.23. The maximum Gasteiger partial charge on any atom is 0.209 e. The first-order valence-electron chi connectivity index (χ1n) is 6.92. The Bertz CT molecular complexity index is 754. The van der Waals surface area contributed by atoms with Crippen molar-refractivity contribution in [2.45, 2.75) is 25.0 Å². The second-order valence-electron chi connectivity index (χ2n) is 5.71. The van der Waals surface area contributed by atoms with Crippen molar-refractivity contribution in [2.24, 2.45) is 5.92 Å². The van der Waals surface area contributed by atoms with Crippen molar-refractivity contribution in [2.75, 3.05) is 6.26 Å². The van der Waals surface area contributed by atoms with Crippen molar-refractivity contribution in [3.05, 3.63) is 42.1 Å². The molecule has 1 aliphatic rings. The summed E-state index contributed by atoms with van der Waals surface area (Å²) >= 11 is 0. The topological polar surface area (TPSA) is 79.3 Å². The van der Waals surface area contributed by atoms with Gasteiger partial charge >= 0.3 is 0 Å². The van der Waals surface area contributed by atoms with Gasteiger partial charge in [-0.2, -0.15) is 0 Å². The highest BCUT2D eigenvalue weighted by Crippen LogP contribution is 2.38. The molecule has 1 fully saturated rings. The number of aliphatic hydroxyl groups excluding tert-OH is 1. The lowest BCUT2D eigenvalue weighted by molar-refractivity contribution is 0.0280. The van der Waals surface area contributed by atoms with E-state index in [1.54, 1.807) is 6.20 Å². The third-order valence-corrected chi connectivity index (χ3v) is 4.61. The second-order valence-corrected chi connectivity index (χ2v) is 7.49. The first-order valence-corrected chi connectivity index (χ1v) is 8.81. The molecule has 0 radical (unpaired) electrons. The summed E-state index contributed by atoms with van der Waals surface area (Å²) in [6, 6.07) is 9.37. The summed E-state index contributed by atoms with van der Waals surface area (Å²) in [5.74, 6) is 0.109. The fourth-order valence-corrected chi connectivity index (χ4v) is 3.62. The Hall–Kier alpha value is -1.50. The highest BCUT2D eigenvalue weighted by molar-refractivity contribution is 7.88. The van der Waals surface area contributed by atoms with E-state index in [0.717, 1.165) is 22.7 Å². The Balaban J connectivity index is 1.97. The molecule has 1 saturated carbocycles. The molecule has 6 heteroatoms. The molecule has 0 bridgehead atoms. The smallest absolute Gasteiger partial charge is 0.209 e. The van der Waals surface area contributed by atoms with Gasteiger partial charge in [0.1, 0.15) is 0 Å². The minimum absolute atomic E-state index is 0.109. The molecule has 2 aromatic rings. The monoisotopic (exact) mass is 306 g/mol. The second kappa shape index (κ2) is 5.36. The summed E-state index contributed by atoms with van der Waals surface area (Å²) in [6.07, 6.45) is 3.77. The number of pyridine rings is 1. The van der Waals surface area contributed by atoms with Gasteiger partial charge in [-0.1, -0.05) is 18.2 Å². The number of aliphatic hydroxyl groups is 1. The minimum Gasteiger partial charge on any atom is -0.393 e. The summed E-state index contributed by atoms with van der Waals surface area (Å²) in [7, 11) is -3.32. The van der Waals surface area contributed by atoms with E-state index in [1.807, 2.05) is 30.3 Å². The van der Waals surface area contributed by atoms with E-state index in [-0.39, 0.29) is 18.1 Å². The van der Waals surface area contributed by atoms with Crippen LogP contribution in [0.15, 0.2) is 36.5 Å². The largest absolute Gasteiger partial charge is 0.393 e. The van der Waals surface area contributed by atoms with Gasteiger partial charge in [-0.3, -0.25) is 4.98 Å². The molecule has 1 aromatic carbocycles. The Kier molecular flexibility index (Phi) is 3.69. The van der Waals surface area contributed by atoms with Crippen LogP contribution in [0.2, 0.25) is 0 Å². The lowest BCUT2D eigenvalue weighted by Gasteiger charge is -2.37. The van der Waals surface area contributed by atoms with Crippen LogP contribution in [0.3, 0.4) is 0 Å². The SMILES string of the molecule is CS(=O)(=O)N[C@H](c1cnc2ccccc2c1)C1CC(O)C1. The number of benzene rings is 1. The number of sulfonamides is 1. The number of fused-ring (bicyclic) bond motifs is 1. The van der Waals surface area contributed by atoms with Gasteiger partial charge in [-0.15, -0.1) is 0 Å². The zero-order chi connectivity index (χ0) is 15.0. The highest BCUT2D eigenvalue weighted by atomic mass is 32.2. The molecule has 1 atom stereocenters. The molecule has 0 spiro atoms. The van der Waals surface area contributed by atoms with Gasteiger partial charge in [0, 0.05) is 11.6 Å². The van der Waals surface area contributed by atoms with Crippen LogP contribution in [0.4, 0.5) is 0 Å². The lowest BCUT2D eigenvalue weighted by atomic mass is 9.75. The molecule has 5 nitrogen and oxygen atoms in total. The number of hydrogen-bond donors (Lipinski definition) is 2. The molecule has 1 aromatic heterocycles. The van der Waals surface area contributed by atoms with Crippen LogP contribution < -0.4 is 4.72 Å². The average Bonchev–Trinajstić information content (AvgIpc) is 2.40. The van der Waals surface area contributed by atoms with Gasteiger partial charge in [-0.05, 0) is 36.5 Å². The van der Waals surface area contributed by atoms with Crippen molar-refractivity contribution < 1.29 is 13.5 Å². The van der Waals surface area contributed by atoms with E-state index >= 15 is 0 Å². The maximum atomic E-state index is 11.6. The fourth-order valence-electron chi connectivity index (χ4n) is 2.83. The number of rotatable bonds is 4. The van der Waals surface area contributed by atoms with Crippen LogP contribution in [0, 0.1) is 5.92 Å². The van der Waals surface area contributed by atoms with Crippen molar-refractivity contribution in [1.82, 2.24) is 9.71 Å². The standard InChI is InChI=1S/C15H18N2O3S/c1-21(19,20)17-15(11-7-13(18)8-11)12-6-10-4-2-3-5-14(10)16-9-12/h2-6,9,11,13,15,17-18H,7-8H2,1H3/t11?,13?,15-/m0/s1. The predicted octanol–water partition coefficient (Wildman–Crippen LogP) is 1.60. The van der Waals surface area contributed by atoms with E-state index in [4.69, 9.17) is 0 Å². The molecule has 0 unspecified atom stereocenters. The van der Waals surface area contributed by atoms with E-state index in [9.17, 15) is 13.5 Å². The molecular weight excluding hydrogens is 288 g/mol. The van der Waals surface area contributed by atoms with Crippen LogP contribution in [0.25, 0.3) is 10.9 Å². The molecule has 2 N–H and O–H groups in total. The number of nitrogens with zero attached hydrogens (tertiary/aromatic N) is 1. The van der Waals surface area contributed by atoms with Gasteiger partial charge in [0.05, 0.1) is 23.9 Å². The van der Waals surface area contributed by atoms with Gasteiger partial charge in [-0.25, -0.2) is 13.1 Å². The first kappa shape index (κ1) is 14.4. The normalized spacial score (nSPS) is 23.7. The lowest BCUT2D eigenvalue weighted by Crippen LogP contribution is -2.41. The summed E-state index contributed by atoms with van der Waals surface area (Å²) in [6.45, 7) is 0. The van der Waals surface area contributed by atoms with Crippen LogP contribution in [-0.4, -0.2) is 30.9 Å². The van der Waals surface area contributed by atoms with Gasteiger partial charge in [0.25, 0.3) is 0 Å². The number of aromatic nitrogens is 1. The van der Waals surface area contributed by atoms with E-state index in [2.05, 4.69) is 9.71 Å². The van der Waals surface area contributed by atoms with Crippen molar-refractivity contribution >= 4 is 20.9 Å². The van der Waals surface area contributed by atoms with E-state index in [1.165, 1.54) is 0 Å². The molecule has 112 valence electrons. The summed E-state index contributed by atoms with van der Waals surface area (Å²) in [5, 5.41) is 10.5. The zero-order valence-electron chi connectivity index (χ0n) is 11.7. The number of para-hydroxylation sites is 1. The van der Waals surface area contributed by atoms with Crippen LogP contribution >= 0.6 is 0 Å². The average molecular weight is 306 g/mol. The molecule has 1 heterocycles. The van der Waals surface area contributed by atoms with E-state index < -0.39 is 10.0 Å². The Morgan fingerprint density at radius 2 is 2.05 bits per heavy atom. The predicted molar refractivity (Wildman–Crippen MR) is 81.2 cm³/mol. The molecule has 3 rings (SSSR count). The molecule has 0 amide bonds. The number of nitrogens with one attached hydrogen (secondary N) is 1. The Labute approximate surface area is 124 Å². The molecule has 0 aliphatic heterocycles. The number of hydrogen-bond acceptors (Lipinski definition) is 4. The zero-order valence-corrected chi connectivity index (χ0v) is 12.5. The fraction of sp³-hybridized carbons (Fsp3) is 0.400. The van der Waals surface area contributed by atoms with Gasteiger partial charge < -0.3 is 5.11 Å². The Morgan fingerprint density at radius 1 is 1.33 bits per heavy atom. The molecule has 21 heavy (non-hydrogen) atoms. The van der Waals surface area contributed by atoms with Crippen LogP contribution in [0.1, 0.15) is 24.4 Å². The maximum absolute atomic E-state index is 11.6. The summed E-state index contributed by atoms with van der Waals surface area (Å²) in [5.41, 5.74) is 1.73.